The molecule has 8 nitrogen and oxygen atoms in total. The van der Waals surface area contributed by atoms with E-state index in [2.05, 4.69) is 5.32 Å². The van der Waals surface area contributed by atoms with E-state index in [0.29, 0.717) is 37.1 Å². The molecule has 0 radical (unpaired) electrons. The summed E-state index contributed by atoms with van der Waals surface area (Å²) in [7, 11) is 0. The monoisotopic (exact) mass is 355 g/mol. The van der Waals surface area contributed by atoms with Crippen LogP contribution in [-0.2, 0) is 15.1 Å². The molecular weight excluding hydrogens is 334 g/mol. The van der Waals surface area contributed by atoms with Crippen molar-refractivity contribution in [2.45, 2.75) is 25.3 Å². The summed E-state index contributed by atoms with van der Waals surface area (Å²) in [5.74, 6) is -0.768. The van der Waals surface area contributed by atoms with E-state index in [1.807, 2.05) is 11.0 Å². The van der Waals surface area contributed by atoms with E-state index in [1.54, 1.807) is 31.2 Å². The van der Waals surface area contributed by atoms with Gasteiger partial charge in [-0.25, -0.2) is 9.69 Å². The third-order valence-electron chi connectivity index (χ3n) is 5.20. The maximum absolute atomic E-state index is 12.9. The zero-order valence-corrected chi connectivity index (χ0v) is 14.6. The summed E-state index contributed by atoms with van der Waals surface area (Å²) in [6.45, 7) is 3.06. The lowest BCUT2D eigenvalue weighted by Gasteiger charge is -2.32. The lowest BCUT2D eigenvalue weighted by atomic mass is 9.91. The molecule has 136 valence electrons. The standard InChI is InChI=1S/C18H21N5O3/c1-18(14-4-2-12(10-19)3-5-14)16(25)23(17(26)21-18)11-22-8-6-13(7-9-22)15(20)24/h2-5,13H,6-9,11H2,1H3,(H2,20,24)(H,21,26)/t18-/m1/s1. The number of nitrogens with zero attached hydrogens (tertiary/aromatic N) is 3. The molecule has 4 amide bonds. The molecule has 3 N–H and O–H groups in total. The fraction of sp³-hybridized carbons (Fsp3) is 0.444. The minimum absolute atomic E-state index is 0.140. The van der Waals surface area contributed by atoms with E-state index in [4.69, 9.17) is 11.0 Å². The first-order valence-corrected chi connectivity index (χ1v) is 8.51. The Bertz CT molecular complexity index is 777. The summed E-state index contributed by atoms with van der Waals surface area (Å²) in [4.78, 5) is 39.7. The van der Waals surface area contributed by atoms with Crippen LogP contribution in [0, 0.1) is 17.2 Å². The fourth-order valence-corrected chi connectivity index (χ4v) is 3.46. The van der Waals surface area contributed by atoms with E-state index in [9.17, 15) is 14.4 Å². The molecule has 0 aliphatic carbocycles. The molecule has 1 aromatic rings. The number of urea groups is 1. The summed E-state index contributed by atoms with van der Waals surface area (Å²) in [6.07, 6.45) is 1.26. The van der Waals surface area contributed by atoms with Gasteiger partial charge in [-0.15, -0.1) is 0 Å². The third kappa shape index (κ3) is 3.13. The molecule has 0 spiro atoms. The number of hydrogen-bond acceptors (Lipinski definition) is 5. The molecule has 1 atom stereocenters. The average molecular weight is 355 g/mol. The van der Waals surface area contributed by atoms with Crippen LogP contribution in [0.4, 0.5) is 4.79 Å². The number of piperidine rings is 1. The molecule has 8 heteroatoms. The van der Waals surface area contributed by atoms with Gasteiger partial charge in [-0.1, -0.05) is 12.1 Å². The number of hydrogen-bond donors (Lipinski definition) is 2. The van der Waals surface area contributed by atoms with E-state index >= 15 is 0 Å². The Balaban J connectivity index is 1.70. The molecule has 2 heterocycles. The van der Waals surface area contributed by atoms with Crippen LogP contribution in [-0.4, -0.2) is 47.4 Å². The highest BCUT2D eigenvalue weighted by atomic mass is 16.2. The van der Waals surface area contributed by atoms with Crippen LogP contribution in [0.5, 0.6) is 0 Å². The van der Waals surface area contributed by atoms with Crippen LogP contribution in [0.25, 0.3) is 0 Å². The van der Waals surface area contributed by atoms with Crippen molar-refractivity contribution in [2.75, 3.05) is 19.8 Å². The van der Waals surface area contributed by atoms with Crippen LogP contribution in [0.15, 0.2) is 24.3 Å². The lowest BCUT2D eigenvalue weighted by Crippen LogP contribution is -2.47. The number of primary amides is 1. The number of nitrogens with two attached hydrogens (primary N) is 1. The normalized spacial score (nSPS) is 24.4. The minimum Gasteiger partial charge on any atom is -0.369 e. The quantitative estimate of drug-likeness (QED) is 0.761. The number of rotatable bonds is 4. The molecule has 0 unspecified atom stereocenters. The molecular formula is C18H21N5O3. The number of imide groups is 1. The molecule has 0 saturated carbocycles. The molecule has 2 aliphatic rings. The van der Waals surface area contributed by atoms with Gasteiger partial charge >= 0.3 is 6.03 Å². The highest BCUT2D eigenvalue weighted by molar-refractivity contribution is 6.07. The Morgan fingerprint density at radius 2 is 1.92 bits per heavy atom. The fourth-order valence-electron chi connectivity index (χ4n) is 3.46. The average Bonchev–Trinajstić information content (AvgIpc) is 2.86. The third-order valence-corrected chi connectivity index (χ3v) is 5.20. The highest BCUT2D eigenvalue weighted by Gasteiger charge is 2.49. The molecule has 3 rings (SSSR count). The zero-order chi connectivity index (χ0) is 18.9. The van der Waals surface area contributed by atoms with Crippen molar-refractivity contribution in [2.24, 2.45) is 11.7 Å². The Morgan fingerprint density at radius 1 is 1.31 bits per heavy atom. The summed E-state index contributed by atoms with van der Waals surface area (Å²) in [5, 5.41) is 11.7. The van der Waals surface area contributed by atoms with Gasteiger partial charge in [0.25, 0.3) is 5.91 Å². The predicted octanol–water partition coefficient (Wildman–Crippen LogP) is 0.480. The molecule has 26 heavy (non-hydrogen) atoms. The zero-order valence-electron chi connectivity index (χ0n) is 14.6. The van der Waals surface area contributed by atoms with Gasteiger partial charge in [0, 0.05) is 19.0 Å². The van der Waals surface area contributed by atoms with E-state index in [0.717, 1.165) is 0 Å². The second kappa shape index (κ2) is 6.77. The van der Waals surface area contributed by atoms with Gasteiger partial charge in [-0.05, 0) is 37.5 Å². The second-order valence-electron chi connectivity index (χ2n) is 6.91. The Morgan fingerprint density at radius 3 is 2.46 bits per heavy atom. The Labute approximate surface area is 151 Å². The molecule has 2 saturated heterocycles. The van der Waals surface area contributed by atoms with Gasteiger partial charge in [0.05, 0.1) is 18.3 Å². The van der Waals surface area contributed by atoms with E-state index in [1.165, 1.54) is 4.90 Å². The summed E-state index contributed by atoms with van der Waals surface area (Å²) >= 11 is 0. The highest BCUT2D eigenvalue weighted by Crippen LogP contribution is 2.29. The van der Waals surface area contributed by atoms with Gasteiger partial charge in [0.1, 0.15) is 5.54 Å². The first-order chi connectivity index (χ1) is 12.3. The Hall–Kier alpha value is -2.92. The summed E-state index contributed by atoms with van der Waals surface area (Å²) < 4.78 is 0. The molecule has 2 aliphatic heterocycles. The van der Waals surface area contributed by atoms with Crippen molar-refractivity contribution in [3.63, 3.8) is 0 Å². The van der Waals surface area contributed by atoms with Crippen LogP contribution < -0.4 is 11.1 Å². The Kier molecular flexibility index (Phi) is 4.66. The maximum Gasteiger partial charge on any atom is 0.326 e. The molecule has 1 aromatic carbocycles. The number of likely N-dealkylation sites (tertiary alicyclic amines) is 1. The van der Waals surface area contributed by atoms with Gasteiger partial charge in [0.15, 0.2) is 0 Å². The second-order valence-corrected chi connectivity index (χ2v) is 6.91. The predicted molar refractivity (Wildman–Crippen MR) is 92.2 cm³/mol. The SMILES string of the molecule is C[C@]1(c2ccc(C#N)cc2)NC(=O)N(CN2CCC(C(N)=O)CC2)C1=O. The molecule has 0 aromatic heterocycles. The smallest absolute Gasteiger partial charge is 0.326 e. The summed E-state index contributed by atoms with van der Waals surface area (Å²) in [5.41, 5.74) is 5.30. The van der Waals surface area contributed by atoms with Gasteiger partial charge in [-0.2, -0.15) is 5.26 Å². The van der Waals surface area contributed by atoms with Crippen molar-refractivity contribution in [1.82, 2.24) is 15.1 Å². The van der Waals surface area contributed by atoms with Crippen LogP contribution in [0.3, 0.4) is 0 Å². The number of nitrogens with one attached hydrogen (secondary N) is 1. The van der Waals surface area contributed by atoms with Crippen molar-refractivity contribution in [1.29, 1.82) is 5.26 Å². The van der Waals surface area contributed by atoms with Gasteiger partial charge in [0.2, 0.25) is 5.91 Å². The number of amides is 4. The van der Waals surface area contributed by atoms with Crippen LogP contribution >= 0.6 is 0 Å². The van der Waals surface area contributed by atoms with Crippen molar-refractivity contribution in [3.8, 4) is 6.07 Å². The van der Waals surface area contributed by atoms with Gasteiger partial charge < -0.3 is 11.1 Å². The maximum atomic E-state index is 12.9. The number of carbonyl (C=O) groups is 3. The van der Waals surface area contributed by atoms with E-state index < -0.39 is 11.6 Å². The van der Waals surface area contributed by atoms with Crippen LogP contribution in [0.1, 0.15) is 30.9 Å². The van der Waals surface area contributed by atoms with Crippen molar-refractivity contribution < 1.29 is 14.4 Å². The first-order valence-electron chi connectivity index (χ1n) is 8.51. The minimum atomic E-state index is -1.16. The van der Waals surface area contributed by atoms with Gasteiger partial charge in [-0.3, -0.25) is 14.5 Å². The molecule has 0 bridgehead atoms. The topological polar surface area (TPSA) is 120 Å². The lowest BCUT2D eigenvalue weighted by molar-refractivity contribution is -0.133. The molecule has 2 fully saturated rings. The number of nitriles is 1. The largest absolute Gasteiger partial charge is 0.369 e. The first kappa shape index (κ1) is 17.9. The van der Waals surface area contributed by atoms with Crippen LogP contribution in [0.2, 0.25) is 0 Å². The van der Waals surface area contributed by atoms with Crippen molar-refractivity contribution >= 4 is 17.8 Å². The summed E-state index contributed by atoms with van der Waals surface area (Å²) in [6, 6.07) is 8.19. The number of carbonyl (C=O) groups excluding carboxylic acids is 3. The van der Waals surface area contributed by atoms with Crippen molar-refractivity contribution in [3.05, 3.63) is 35.4 Å². The van der Waals surface area contributed by atoms with E-state index in [-0.39, 0.29) is 24.4 Å². The number of benzene rings is 1.